The van der Waals surface area contributed by atoms with Crippen LogP contribution in [0.15, 0.2) is 64.5 Å². The van der Waals surface area contributed by atoms with Gasteiger partial charge in [0.2, 0.25) is 11.7 Å². The molecule has 0 aliphatic rings. The number of thioether (sulfide) groups is 1. The Kier molecular flexibility index (Phi) is 7.13. The topological polar surface area (TPSA) is 72.5 Å². The first-order valence-corrected chi connectivity index (χ1v) is 12.4. The van der Waals surface area contributed by atoms with Crippen LogP contribution in [0.5, 0.6) is 0 Å². The third-order valence-electron chi connectivity index (χ3n) is 5.61. The number of hydrogen-bond donors (Lipinski definition) is 0. The van der Waals surface area contributed by atoms with Gasteiger partial charge in [0.15, 0.2) is 5.16 Å². The molecule has 8 heteroatoms. The summed E-state index contributed by atoms with van der Waals surface area (Å²) in [7, 11) is 0. The van der Waals surface area contributed by atoms with Crippen LogP contribution < -0.4 is 10.5 Å². The number of aryl methyl sites for hydroxylation is 1. The van der Waals surface area contributed by atoms with Gasteiger partial charge in [-0.25, -0.2) is 0 Å². The fraction of sp³-hybridized carbons (Fsp3) is 0.360. The highest BCUT2D eigenvalue weighted by atomic mass is 32.2. The predicted molar refractivity (Wildman–Crippen MR) is 134 cm³/mol. The summed E-state index contributed by atoms with van der Waals surface area (Å²) in [5.41, 5.74) is 1.58. The van der Waals surface area contributed by atoms with Crippen molar-refractivity contribution in [2.75, 3.05) is 10.7 Å². The molecule has 0 unspecified atom stereocenters. The standard InChI is InChI=1S/C25H29N5O2S/c1-4-5-11-16-28-23(32)20-14-9-10-15-21(20)30-24(28)26-27-25(30)33-17-22(31)29(18(2)3)19-12-7-6-8-13-19/h6-10,12-15,18H,4-5,11,16-17H2,1-3H3. The van der Waals surface area contributed by atoms with Crippen LogP contribution in [0, 0.1) is 0 Å². The van der Waals surface area contributed by atoms with Gasteiger partial charge in [-0.05, 0) is 44.5 Å². The Balaban J connectivity index is 1.69. The van der Waals surface area contributed by atoms with E-state index in [1.807, 2.05) is 72.8 Å². The Labute approximate surface area is 197 Å². The van der Waals surface area contributed by atoms with Gasteiger partial charge in [0, 0.05) is 18.3 Å². The summed E-state index contributed by atoms with van der Waals surface area (Å²) >= 11 is 1.35. The molecule has 1 amide bonds. The van der Waals surface area contributed by atoms with E-state index in [0.717, 1.165) is 30.5 Å². The third kappa shape index (κ3) is 4.66. The molecule has 0 bridgehead atoms. The van der Waals surface area contributed by atoms with Gasteiger partial charge in [-0.3, -0.25) is 18.6 Å². The number of para-hydroxylation sites is 2. The van der Waals surface area contributed by atoms with Crippen LogP contribution in [0.2, 0.25) is 0 Å². The number of nitrogens with zero attached hydrogens (tertiary/aromatic N) is 5. The normalized spacial score (nSPS) is 11.5. The number of benzene rings is 2. The lowest BCUT2D eigenvalue weighted by molar-refractivity contribution is -0.116. The molecule has 4 aromatic rings. The Morgan fingerprint density at radius 3 is 2.48 bits per heavy atom. The lowest BCUT2D eigenvalue weighted by Gasteiger charge is -2.26. The maximum Gasteiger partial charge on any atom is 0.262 e. The lowest BCUT2D eigenvalue weighted by Crippen LogP contribution is -2.38. The van der Waals surface area contributed by atoms with E-state index in [0.29, 0.717) is 22.9 Å². The summed E-state index contributed by atoms with van der Waals surface area (Å²) < 4.78 is 3.62. The molecule has 0 aliphatic heterocycles. The number of rotatable bonds is 9. The van der Waals surface area contributed by atoms with Gasteiger partial charge in [0.05, 0.1) is 16.7 Å². The van der Waals surface area contributed by atoms with Gasteiger partial charge in [0.25, 0.3) is 5.56 Å². The van der Waals surface area contributed by atoms with Crippen molar-refractivity contribution in [1.29, 1.82) is 0 Å². The third-order valence-corrected chi connectivity index (χ3v) is 6.52. The van der Waals surface area contributed by atoms with Gasteiger partial charge in [-0.2, -0.15) is 0 Å². The maximum absolute atomic E-state index is 13.2. The van der Waals surface area contributed by atoms with Gasteiger partial charge in [-0.1, -0.05) is 61.9 Å². The molecule has 0 spiro atoms. The molecule has 0 saturated heterocycles. The van der Waals surface area contributed by atoms with Gasteiger partial charge in [-0.15, -0.1) is 10.2 Å². The molecule has 2 aromatic carbocycles. The Morgan fingerprint density at radius 2 is 1.76 bits per heavy atom. The second kappa shape index (κ2) is 10.2. The molecule has 0 radical (unpaired) electrons. The molecule has 4 rings (SSSR count). The van der Waals surface area contributed by atoms with E-state index < -0.39 is 0 Å². The van der Waals surface area contributed by atoms with Crippen LogP contribution in [-0.4, -0.2) is 36.9 Å². The monoisotopic (exact) mass is 463 g/mol. The van der Waals surface area contributed by atoms with Crippen LogP contribution >= 0.6 is 11.8 Å². The predicted octanol–water partition coefficient (Wildman–Crippen LogP) is 4.77. The van der Waals surface area contributed by atoms with Gasteiger partial charge >= 0.3 is 0 Å². The first-order valence-electron chi connectivity index (χ1n) is 11.4. The Morgan fingerprint density at radius 1 is 1.03 bits per heavy atom. The number of aromatic nitrogens is 4. The number of hydrogen-bond acceptors (Lipinski definition) is 5. The summed E-state index contributed by atoms with van der Waals surface area (Å²) in [5, 5.41) is 9.96. The Hall–Kier alpha value is -3.13. The van der Waals surface area contributed by atoms with E-state index in [2.05, 4.69) is 17.1 Å². The minimum Gasteiger partial charge on any atom is -0.309 e. The molecule has 7 nitrogen and oxygen atoms in total. The fourth-order valence-corrected chi connectivity index (χ4v) is 4.86. The molecule has 172 valence electrons. The highest BCUT2D eigenvalue weighted by Gasteiger charge is 2.22. The zero-order valence-electron chi connectivity index (χ0n) is 19.3. The SMILES string of the molecule is CCCCCn1c(=O)c2ccccc2n2c(SCC(=O)N(c3ccccc3)C(C)C)nnc12. The highest BCUT2D eigenvalue weighted by Crippen LogP contribution is 2.24. The number of anilines is 1. The molecular formula is C25H29N5O2S. The van der Waals surface area contributed by atoms with Crippen molar-refractivity contribution in [2.45, 2.75) is 57.8 Å². The van der Waals surface area contributed by atoms with Crippen LogP contribution in [0.1, 0.15) is 40.0 Å². The van der Waals surface area contributed by atoms with Crippen molar-refractivity contribution < 1.29 is 4.79 Å². The van der Waals surface area contributed by atoms with Crippen molar-refractivity contribution in [2.24, 2.45) is 0 Å². The van der Waals surface area contributed by atoms with E-state index in [4.69, 9.17) is 0 Å². The van der Waals surface area contributed by atoms with E-state index in [1.54, 1.807) is 9.47 Å². The number of amides is 1. The van der Waals surface area contributed by atoms with Gasteiger partial charge < -0.3 is 4.90 Å². The second-order valence-electron chi connectivity index (χ2n) is 8.28. The minimum absolute atomic E-state index is 0.00137. The van der Waals surface area contributed by atoms with Crippen LogP contribution in [-0.2, 0) is 11.3 Å². The van der Waals surface area contributed by atoms with E-state index in [1.165, 1.54) is 11.8 Å². The summed E-state index contributed by atoms with van der Waals surface area (Å²) in [4.78, 5) is 28.1. The van der Waals surface area contributed by atoms with E-state index in [-0.39, 0.29) is 23.3 Å². The first-order chi connectivity index (χ1) is 16.0. The van der Waals surface area contributed by atoms with Crippen molar-refractivity contribution in [1.82, 2.24) is 19.2 Å². The summed E-state index contributed by atoms with van der Waals surface area (Å²) in [5.74, 6) is 0.740. The van der Waals surface area contributed by atoms with E-state index >= 15 is 0 Å². The van der Waals surface area contributed by atoms with Crippen LogP contribution in [0.4, 0.5) is 5.69 Å². The average molecular weight is 464 g/mol. The quantitative estimate of drug-likeness (QED) is 0.264. The van der Waals surface area contributed by atoms with Crippen molar-refractivity contribution >= 4 is 40.0 Å². The molecular weight excluding hydrogens is 434 g/mol. The number of fused-ring (bicyclic) bond motifs is 3. The lowest BCUT2D eigenvalue weighted by atomic mass is 10.2. The van der Waals surface area contributed by atoms with Crippen molar-refractivity contribution in [3.8, 4) is 0 Å². The van der Waals surface area contributed by atoms with Crippen LogP contribution in [0.3, 0.4) is 0 Å². The smallest absolute Gasteiger partial charge is 0.262 e. The zero-order chi connectivity index (χ0) is 23.4. The Bertz CT molecular complexity index is 1310. The molecule has 0 atom stereocenters. The number of carbonyl (C=O) groups excluding carboxylic acids is 1. The molecule has 0 N–H and O–H groups in total. The zero-order valence-corrected chi connectivity index (χ0v) is 20.1. The molecule has 2 heterocycles. The molecule has 2 aromatic heterocycles. The number of unbranched alkanes of at least 4 members (excludes halogenated alkanes) is 2. The molecule has 0 aliphatic carbocycles. The summed E-state index contributed by atoms with van der Waals surface area (Å²) in [6.45, 7) is 6.74. The minimum atomic E-state index is -0.0516. The molecule has 33 heavy (non-hydrogen) atoms. The molecule has 0 saturated carbocycles. The highest BCUT2D eigenvalue weighted by molar-refractivity contribution is 7.99. The first kappa shape index (κ1) is 23.0. The van der Waals surface area contributed by atoms with Gasteiger partial charge in [0.1, 0.15) is 0 Å². The summed E-state index contributed by atoms with van der Waals surface area (Å²) in [6, 6.07) is 17.2. The maximum atomic E-state index is 13.2. The van der Waals surface area contributed by atoms with E-state index in [9.17, 15) is 9.59 Å². The van der Waals surface area contributed by atoms with Crippen molar-refractivity contribution in [3.63, 3.8) is 0 Å². The van der Waals surface area contributed by atoms with Crippen molar-refractivity contribution in [3.05, 3.63) is 65.0 Å². The summed E-state index contributed by atoms with van der Waals surface area (Å²) in [6.07, 6.45) is 3.02. The van der Waals surface area contributed by atoms with Crippen LogP contribution in [0.25, 0.3) is 16.7 Å². The molecule has 0 fully saturated rings. The average Bonchev–Trinajstić information content (AvgIpc) is 3.24. The number of carbonyl (C=O) groups is 1. The fourth-order valence-electron chi connectivity index (χ4n) is 4.06. The largest absolute Gasteiger partial charge is 0.309 e. The second-order valence-corrected chi connectivity index (χ2v) is 9.22.